The van der Waals surface area contributed by atoms with Gasteiger partial charge in [0.2, 0.25) is 17.7 Å². The molecule has 1 atom stereocenters. The van der Waals surface area contributed by atoms with Crippen molar-refractivity contribution in [3.05, 3.63) is 58.6 Å². The molecule has 3 amide bonds. The fourth-order valence-electron chi connectivity index (χ4n) is 3.11. The fraction of sp³-hybridized carbons (Fsp3) is 0.250. The van der Waals surface area contributed by atoms with Crippen molar-refractivity contribution < 1.29 is 19.1 Å². The second-order valence-corrected chi connectivity index (χ2v) is 6.94. The number of nitrogens with two attached hydrogens (primary N) is 1. The summed E-state index contributed by atoms with van der Waals surface area (Å²) in [6.07, 6.45) is 0.113. The normalized spacial score (nSPS) is 16.1. The van der Waals surface area contributed by atoms with E-state index in [1.165, 1.54) is 12.0 Å². The Morgan fingerprint density at radius 2 is 1.96 bits per heavy atom. The maximum Gasteiger partial charge on any atom is 0.248 e. The van der Waals surface area contributed by atoms with Crippen LogP contribution in [0.25, 0.3) is 0 Å². The Labute approximate surface area is 167 Å². The number of methoxy groups -OCH3 is 1. The van der Waals surface area contributed by atoms with E-state index in [-0.39, 0.29) is 24.8 Å². The quantitative estimate of drug-likeness (QED) is 0.773. The summed E-state index contributed by atoms with van der Waals surface area (Å²) < 4.78 is 5.30. The molecule has 2 aromatic carbocycles. The summed E-state index contributed by atoms with van der Waals surface area (Å²) in [7, 11) is 1.51. The highest BCUT2D eigenvalue weighted by Gasteiger charge is 2.36. The number of carbonyl (C=O) groups is 3. The van der Waals surface area contributed by atoms with Gasteiger partial charge in [0.15, 0.2) is 0 Å². The van der Waals surface area contributed by atoms with Gasteiger partial charge in [0, 0.05) is 30.1 Å². The third-order valence-corrected chi connectivity index (χ3v) is 4.87. The van der Waals surface area contributed by atoms with Crippen LogP contribution in [0.5, 0.6) is 5.75 Å². The van der Waals surface area contributed by atoms with E-state index in [0.717, 1.165) is 5.56 Å². The Kier molecular flexibility index (Phi) is 5.84. The minimum atomic E-state index is -0.503. The first kappa shape index (κ1) is 19.7. The lowest BCUT2D eigenvalue weighted by atomic mass is 10.1. The molecular weight excluding hydrogens is 382 g/mol. The maximum atomic E-state index is 12.5. The van der Waals surface area contributed by atoms with Crippen molar-refractivity contribution in [2.24, 2.45) is 11.7 Å². The van der Waals surface area contributed by atoms with Crippen LogP contribution in [0.15, 0.2) is 42.5 Å². The standard InChI is InChI=1S/C20H20ClN3O4/c1-28-17-7-6-15(21)9-16(17)24-11-14(8-18(24)25)20(27)23-10-12-2-4-13(5-3-12)19(22)26/h2-7,9,14H,8,10-11H2,1H3,(H2,22,26)(H,23,27). The zero-order valence-electron chi connectivity index (χ0n) is 15.3. The first-order valence-electron chi connectivity index (χ1n) is 8.69. The molecule has 1 aliphatic heterocycles. The minimum absolute atomic E-state index is 0.113. The van der Waals surface area contributed by atoms with E-state index < -0.39 is 11.8 Å². The molecule has 0 aliphatic carbocycles. The van der Waals surface area contributed by atoms with Gasteiger partial charge >= 0.3 is 0 Å². The van der Waals surface area contributed by atoms with Gasteiger partial charge in [0.1, 0.15) is 5.75 Å². The Balaban J connectivity index is 1.64. The van der Waals surface area contributed by atoms with Crippen molar-refractivity contribution >= 4 is 35.0 Å². The smallest absolute Gasteiger partial charge is 0.248 e. The van der Waals surface area contributed by atoms with E-state index in [1.54, 1.807) is 42.5 Å². The average molecular weight is 402 g/mol. The van der Waals surface area contributed by atoms with E-state index in [9.17, 15) is 14.4 Å². The number of halogens is 1. The van der Waals surface area contributed by atoms with Crippen molar-refractivity contribution in [2.75, 3.05) is 18.6 Å². The average Bonchev–Trinajstić information content (AvgIpc) is 3.08. The number of primary amides is 1. The molecular formula is C20H20ClN3O4. The van der Waals surface area contributed by atoms with Crippen LogP contribution in [0, 0.1) is 5.92 Å². The van der Waals surface area contributed by atoms with Crippen LogP contribution in [-0.4, -0.2) is 31.4 Å². The molecule has 0 spiro atoms. The van der Waals surface area contributed by atoms with Gasteiger partial charge in [-0.15, -0.1) is 0 Å². The lowest BCUT2D eigenvalue weighted by Crippen LogP contribution is -2.32. The number of hydrogen-bond acceptors (Lipinski definition) is 4. The molecule has 0 bridgehead atoms. The highest BCUT2D eigenvalue weighted by Crippen LogP contribution is 2.35. The van der Waals surface area contributed by atoms with Crippen LogP contribution in [0.2, 0.25) is 5.02 Å². The van der Waals surface area contributed by atoms with Crippen molar-refractivity contribution in [3.8, 4) is 5.75 Å². The van der Waals surface area contributed by atoms with Crippen molar-refractivity contribution in [1.82, 2.24) is 5.32 Å². The molecule has 1 aliphatic rings. The number of rotatable bonds is 6. The van der Waals surface area contributed by atoms with Gasteiger partial charge in [0.05, 0.1) is 18.7 Å². The molecule has 0 aromatic heterocycles. The summed E-state index contributed by atoms with van der Waals surface area (Å²) in [5.41, 5.74) is 7.00. The molecule has 146 valence electrons. The predicted octanol–water partition coefficient (Wildman–Crippen LogP) is 2.12. The minimum Gasteiger partial charge on any atom is -0.495 e. The molecule has 3 N–H and O–H groups in total. The van der Waals surface area contributed by atoms with Gasteiger partial charge in [-0.05, 0) is 35.9 Å². The van der Waals surface area contributed by atoms with Gasteiger partial charge in [-0.2, -0.15) is 0 Å². The molecule has 0 radical (unpaired) electrons. The zero-order chi connectivity index (χ0) is 20.3. The first-order valence-corrected chi connectivity index (χ1v) is 9.07. The maximum absolute atomic E-state index is 12.5. The fourth-order valence-corrected chi connectivity index (χ4v) is 3.28. The van der Waals surface area contributed by atoms with E-state index in [0.29, 0.717) is 28.6 Å². The lowest BCUT2D eigenvalue weighted by Gasteiger charge is -2.20. The summed E-state index contributed by atoms with van der Waals surface area (Å²) in [4.78, 5) is 37.6. The first-order chi connectivity index (χ1) is 13.4. The second kappa shape index (κ2) is 8.31. The van der Waals surface area contributed by atoms with Gasteiger partial charge in [-0.1, -0.05) is 23.7 Å². The molecule has 28 heavy (non-hydrogen) atoms. The van der Waals surface area contributed by atoms with Crippen LogP contribution >= 0.6 is 11.6 Å². The zero-order valence-corrected chi connectivity index (χ0v) is 16.0. The number of nitrogens with one attached hydrogen (secondary N) is 1. The number of benzene rings is 2. The number of hydrogen-bond donors (Lipinski definition) is 2. The number of ether oxygens (including phenoxy) is 1. The Bertz CT molecular complexity index is 914. The van der Waals surface area contributed by atoms with E-state index in [4.69, 9.17) is 22.1 Å². The number of amides is 3. The van der Waals surface area contributed by atoms with Crippen LogP contribution in [0.4, 0.5) is 5.69 Å². The molecule has 8 heteroatoms. The monoisotopic (exact) mass is 401 g/mol. The molecule has 2 aromatic rings. The second-order valence-electron chi connectivity index (χ2n) is 6.50. The number of nitrogens with zero attached hydrogens (tertiary/aromatic N) is 1. The summed E-state index contributed by atoms with van der Waals surface area (Å²) >= 11 is 6.05. The van der Waals surface area contributed by atoms with Crippen LogP contribution in [-0.2, 0) is 16.1 Å². The molecule has 1 fully saturated rings. The molecule has 0 saturated carbocycles. The molecule has 3 rings (SSSR count). The van der Waals surface area contributed by atoms with Crippen molar-refractivity contribution in [2.45, 2.75) is 13.0 Å². The van der Waals surface area contributed by atoms with E-state index in [1.807, 2.05) is 0 Å². The Hall–Kier alpha value is -3.06. The summed E-state index contributed by atoms with van der Waals surface area (Å²) in [5, 5.41) is 3.31. The Morgan fingerprint density at radius 1 is 1.25 bits per heavy atom. The van der Waals surface area contributed by atoms with E-state index >= 15 is 0 Å². The molecule has 1 unspecified atom stereocenters. The van der Waals surface area contributed by atoms with Crippen molar-refractivity contribution in [1.29, 1.82) is 0 Å². The predicted molar refractivity (Wildman–Crippen MR) is 105 cm³/mol. The van der Waals surface area contributed by atoms with Gasteiger partial charge < -0.3 is 20.7 Å². The summed E-state index contributed by atoms with van der Waals surface area (Å²) in [5.74, 6) is -0.826. The van der Waals surface area contributed by atoms with Crippen LogP contribution in [0.3, 0.4) is 0 Å². The largest absolute Gasteiger partial charge is 0.495 e. The third-order valence-electron chi connectivity index (χ3n) is 4.63. The van der Waals surface area contributed by atoms with Gasteiger partial charge in [-0.3, -0.25) is 14.4 Å². The summed E-state index contributed by atoms with van der Waals surface area (Å²) in [6.45, 7) is 0.547. The molecule has 7 nitrogen and oxygen atoms in total. The molecule has 1 heterocycles. The number of anilines is 1. The van der Waals surface area contributed by atoms with Gasteiger partial charge in [0.25, 0.3) is 0 Å². The van der Waals surface area contributed by atoms with Gasteiger partial charge in [-0.25, -0.2) is 0 Å². The third kappa shape index (κ3) is 4.26. The highest BCUT2D eigenvalue weighted by atomic mass is 35.5. The van der Waals surface area contributed by atoms with Crippen molar-refractivity contribution in [3.63, 3.8) is 0 Å². The Morgan fingerprint density at radius 3 is 2.61 bits per heavy atom. The number of carbonyl (C=O) groups excluding carboxylic acids is 3. The summed E-state index contributed by atoms with van der Waals surface area (Å²) in [6, 6.07) is 11.7. The topological polar surface area (TPSA) is 102 Å². The molecule has 1 saturated heterocycles. The van der Waals surface area contributed by atoms with E-state index in [2.05, 4.69) is 5.32 Å². The SMILES string of the molecule is COc1ccc(Cl)cc1N1CC(C(=O)NCc2ccc(C(N)=O)cc2)CC1=O. The van der Waals surface area contributed by atoms with Crippen LogP contribution in [0.1, 0.15) is 22.3 Å². The highest BCUT2D eigenvalue weighted by molar-refractivity contribution is 6.31. The van der Waals surface area contributed by atoms with Crippen LogP contribution < -0.4 is 20.7 Å². The lowest BCUT2D eigenvalue weighted by molar-refractivity contribution is -0.126.